The maximum absolute atomic E-state index is 12.1. The second-order valence-corrected chi connectivity index (χ2v) is 9.08. The summed E-state index contributed by atoms with van der Waals surface area (Å²) < 4.78 is 2.44. The molecule has 0 fully saturated rings. The second kappa shape index (κ2) is 14.5. The van der Waals surface area contributed by atoms with E-state index in [0.29, 0.717) is 6.42 Å². The van der Waals surface area contributed by atoms with Crippen LogP contribution in [0.3, 0.4) is 0 Å². The lowest BCUT2D eigenvalue weighted by atomic mass is 10.1. The molecule has 4 heteroatoms. The highest BCUT2D eigenvalue weighted by molar-refractivity contribution is 5.76. The Morgan fingerprint density at radius 2 is 1.55 bits per heavy atom. The number of rotatable bonds is 16. The van der Waals surface area contributed by atoms with E-state index in [1.165, 1.54) is 55.4 Å². The van der Waals surface area contributed by atoms with E-state index in [1.807, 2.05) is 18.2 Å². The molecule has 33 heavy (non-hydrogen) atoms. The molecule has 1 aromatic heterocycles. The van der Waals surface area contributed by atoms with Crippen LogP contribution in [0, 0.1) is 0 Å². The van der Waals surface area contributed by atoms with Gasteiger partial charge in [-0.3, -0.25) is 4.79 Å². The molecule has 2 aromatic carbocycles. The summed E-state index contributed by atoms with van der Waals surface area (Å²) in [5.74, 6) is 1.37. The second-order valence-electron chi connectivity index (χ2n) is 9.08. The molecule has 0 aliphatic rings. The number of aryl methyl sites for hydroxylation is 3. The van der Waals surface area contributed by atoms with Crippen LogP contribution in [0.4, 0.5) is 0 Å². The zero-order valence-electron chi connectivity index (χ0n) is 20.4. The molecule has 0 atom stereocenters. The van der Waals surface area contributed by atoms with Crippen molar-refractivity contribution in [2.24, 2.45) is 0 Å². The molecule has 3 aromatic rings. The summed E-state index contributed by atoms with van der Waals surface area (Å²) in [4.78, 5) is 17.0. The molecule has 4 nitrogen and oxygen atoms in total. The maximum Gasteiger partial charge on any atom is 0.220 e. The quantitative estimate of drug-likeness (QED) is 0.244. The van der Waals surface area contributed by atoms with E-state index in [1.54, 1.807) is 0 Å². The van der Waals surface area contributed by atoms with Crippen LogP contribution in [0.5, 0.6) is 0 Å². The van der Waals surface area contributed by atoms with Gasteiger partial charge in [0.2, 0.25) is 5.91 Å². The first-order valence-corrected chi connectivity index (χ1v) is 13.0. The van der Waals surface area contributed by atoms with Gasteiger partial charge in [0.1, 0.15) is 5.82 Å². The van der Waals surface area contributed by atoms with Crippen molar-refractivity contribution in [2.75, 3.05) is 6.54 Å². The number of nitrogens with one attached hydrogen (secondary N) is 1. The van der Waals surface area contributed by atoms with E-state index in [0.717, 1.165) is 50.7 Å². The molecule has 1 N–H and O–H groups in total. The normalized spacial score (nSPS) is 11.2. The Hall–Kier alpha value is -2.62. The molecule has 1 amide bonds. The SMILES string of the molecule is CCCCCCCCn1c(CCCCCNC(=O)CCc2ccccc2)nc2ccccc21. The highest BCUT2D eigenvalue weighted by Gasteiger charge is 2.10. The van der Waals surface area contributed by atoms with E-state index in [4.69, 9.17) is 4.98 Å². The third-order valence-corrected chi connectivity index (χ3v) is 6.35. The van der Waals surface area contributed by atoms with Gasteiger partial charge in [-0.05, 0) is 43.4 Å². The van der Waals surface area contributed by atoms with Crippen molar-refractivity contribution < 1.29 is 4.79 Å². The van der Waals surface area contributed by atoms with Crippen LogP contribution in [0.25, 0.3) is 11.0 Å². The van der Waals surface area contributed by atoms with Crippen LogP contribution in [0.1, 0.15) is 82.5 Å². The number of unbranched alkanes of at least 4 members (excludes halogenated alkanes) is 7. The Morgan fingerprint density at radius 3 is 2.39 bits per heavy atom. The Kier molecular flexibility index (Phi) is 11.0. The van der Waals surface area contributed by atoms with Gasteiger partial charge in [-0.2, -0.15) is 0 Å². The summed E-state index contributed by atoms with van der Waals surface area (Å²) in [6.45, 7) is 4.10. The van der Waals surface area contributed by atoms with E-state index in [9.17, 15) is 4.79 Å². The summed E-state index contributed by atoms with van der Waals surface area (Å²) in [5, 5.41) is 3.07. The monoisotopic (exact) mass is 447 g/mol. The molecule has 178 valence electrons. The molecule has 0 spiro atoms. The van der Waals surface area contributed by atoms with Gasteiger partial charge >= 0.3 is 0 Å². The van der Waals surface area contributed by atoms with Gasteiger partial charge in [0, 0.05) is 25.9 Å². The molecule has 3 rings (SSSR count). The lowest BCUT2D eigenvalue weighted by molar-refractivity contribution is -0.121. The summed E-state index contributed by atoms with van der Waals surface area (Å²) in [7, 11) is 0. The number of nitrogens with zero attached hydrogens (tertiary/aromatic N) is 2. The minimum absolute atomic E-state index is 0.152. The molecule has 0 bridgehead atoms. The number of para-hydroxylation sites is 2. The fourth-order valence-corrected chi connectivity index (χ4v) is 4.42. The number of hydrogen-bond donors (Lipinski definition) is 1. The number of hydrogen-bond acceptors (Lipinski definition) is 2. The van der Waals surface area contributed by atoms with Crippen LogP contribution in [0.15, 0.2) is 54.6 Å². The van der Waals surface area contributed by atoms with Crippen molar-refractivity contribution >= 4 is 16.9 Å². The molecule has 0 radical (unpaired) electrons. The molecule has 0 unspecified atom stereocenters. The predicted molar refractivity (Wildman–Crippen MR) is 138 cm³/mol. The lowest BCUT2D eigenvalue weighted by Gasteiger charge is -2.10. The molecule has 0 aliphatic heterocycles. The van der Waals surface area contributed by atoms with Gasteiger partial charge in [0.15, 0.2) is 0 Å². The van der Waals surface area contributed by atoms with Crippen molar-refractivity contribution in [1.29, 1.82) is 0 Å². The molecular weight excluding hydrogens is 406 g/mol. The van der Waals surface area contributed by atoms with Crippen molar-refractivity contribution in [1.82, 2.24) is 14.9 Å². The minimum atomic E-state index is 0.152. The highest BCUT2D eigenvalue weighted by atomic mass is 16.1. The first-order chi connectivity index (χ1) is 16.3. The van der Waals surface area contributed by atoms with Gasteiger partial charge in [0.25, 0.3) is 0 Å². The summed E-state index contributed by atoms with van der Waals surface area (Å²) in [6.07, 6.45) is 13.5. The van der Waals surface area contributed by atoms with E-state index in [2.05, 4.69) is 53.2 Å². The Morgan fingerprint density at radius 1 is 0.818 bits per heavy atom. The smallest absolute Gasteiger partial charge is 0.220 e. The summed E-state index contributed by atoms with van der Waals surface area (Å²) in [6, 6.07) is 18.7. The average Bonchev–Trinajstić information content (AvgIpc) is 3.20. The van der Waals surface area contributed by atoms with Gasteiger partial charge in [0.05, 0.1) is 11.0 Å². The van der Waals surface area contributed by atoms with Gasteiger partial charge in [-0.25, -0.2) is 4.98 Å². The maximum atomic E-state index is 12.1. The number of benzene rings is 2. The Balaban J connectivity index is 1.36. The number of amides is 1. The Bertz CT molecular complexity index is 948. The molecule has 1 heterocycles. The number of aromatic nitrogens is 2. The number of carbonyl (C=O) groups excluding carboxylic acids is 1. The standard InChI is InChI=1S/C29H41N3O/c1-2-3-4-5-6-15-24-32-27-19-13-12-18-26(27)31-28(32)20-11-8-14-23-30-29(33)22-21-25-16-9-7-10-17-25/h7,9-10,12-13,16-19H,2-6,8,11,14-15,20-24H2,1H3,(H,30,33). The molecule has 0 saturated heterocycles. The average molecular weight is 448 g/mol. The molecule has 0 saturated carbocycles. The van der Waals surface area contributed by atoms with Crippen LogP contribution >= 0.6 is 0 Å². The number of carbonyl (C=O) groups is 1. The zero-order chi connectivity index (χ0) is 23.1. The molecule has 0 aliphatic carbocycles. The van der Waals surface area contributed by atoms with Crippen molar-refractivity contribution in [3.8, 4) is 0 Å². The third kappa shape index (κ3) is 8.68. The summed E-state index contributed by atoms with van der Waals surface area (Å²) >= 11 is 0. The van der Waals surface area contributed by atoms with Crippen molar-refractivity contribution in [3.05, 3.63) is 66.0 Å². The van der Waals surface area contributed by atoms with Crippen LogP contribution in [0.2, 0.25) is 0 Å². The summed E-state index contributed by atoms with van der Waals surface area (Å²) in [5.41, 5.74) is 3.60. The largest absolute Gasteiger partial charge is 0.356 e. The van der Waals surface area contributed by atoms with Crippen molar-refractivity contribution in [3.63, 3.8) is 0 Å². The first kappa shape index (κ1) is 25.0. The fraction of sp³-hybridized carbons (Fsp3) is 0.517. The van der Waals surface area contributed by atoms with Crippen molar-refractivity contribution in [2.45, 2.75) is 90.5 Å². The van der Waals surface area contributed by atoms with E-state index < -0.39 is 0 Å². The lowest BCUT2D eigenvalue weighted by Crippen LogP contribution is -2.24. The number of fused-ring (bicyclic) bond motifs is 1. The topological polar surface area (TPSA) is 46.9 Å². The van der Waals surface area contributed by atoms with Crippen LogP contribution in [-0.4, -0.2) is 22.0 Å². The fourth-order valence-electron chi connectivity index (χ4n) is 4.42. The Labute approximate surface area is 199 Å². The van der Waals surface area contributed by atoms with E-state index >= 15 is 0 Å². The zero-order valence-corrected chi connectivity index (χ0v) is 20.4. The van der Waals surface area contributed by atoms with Gasteiger partial charge in [-0.15, -0.1) is 0 Å². The van der Waals surface area contributed by atoms with Crippen LogP contribution < -0.4 is 5.32 Å². The van der Waals surface area contributed by atoms with E-state index in [-0.39, 0.29) is 5.91 Å². The molecular formula is C29H41N3O. The predicted octanol–water partition coefficient (Wildman–Crippen LogP) is 6.86. The third-order valence-electron chi connectivity index (χ3n) is 6.35. The number of imidazole rings is 1. The highest BCUT2D eigenvalue weighted by Crippen LogP contribution is 2.19. The van der Waals surface area contributed by atoms with Crippen LogP contribution in [-0.2, 0) is 24.2 Å². The minimum Gasteiger partial charge on any atom is -0.356 e. The van der Waals surface area contributed by atoms with Gasteiger partial charge < -0.3 is 9.88 Å². The van der Waals surface area contributed by atoms with Gasteiger partial charge in [-0.1, -0.05) is 87.9 Å². The first-order valence-electron chi connectivity index (χ1n) is 13.0.